The van der Waals surface area contributed by atoms with Gasteiger partial charge >= 0.3 is 5.97 Å². The number of ether oxygens (including phenoxy) is 1. The van der Waals surface area contributed by atoms with Gasteiger partial charge in [0.15, 0.2) is 6.10 Å². The van der Waals surface area contributed by atoms with Crippen molar-refractivity contribution in [1.82, 2.24) is 9.29 Å². The lowest BCUT2D eigenvalue weighted by Crippen LogP contribution is -2.35. The maximum absolute atomic E-state index is 12.8. The number of sulfonamides is 1. The van der Waals surface area contributed by atoms with Crippen molar-refractivity contribution >= 4 is 39.3 Å². The van der Waals surface area contributed by atoms with E-state index >= 15 is 0 Å². The normalized spacial score (nSPS) is 15.9. The Morgan fingerprint density at radius 1 is 1.17 bits per heavy atom. The molecule has 1 aromatic carbocycles. The lowest BCUT2D eigenvalue weighted by molar-refractivity contribution is -0.123. The average Bonchev–Trinajstić information content (AvgIpc) is 2.76. The zero-order valence-corrected chi connectivity index (χ0v) is 17.9. The molecule has 160 valence electrons. The van der Waals surface area contributed by atoms with Crippen molar-refractivity contribution in [2.24, 2.45) is 0 Å². The summed E-state index contributed by atoms with van der Waals surface area (Å²) in [6.07, 6.45) is 2.90. The third kappa shape index (κ3) is 5.35. The number of amides is 1. The lowest BCUT2D eigenvalue weighted by atomic mass is 10.2. The molecule has 1 aromatic heterocycles. The van der Waals surface area contributed by atoms with Gasteiger partial charge in [0.05, 0.1) is 15.5 Å². The van der Waals surface area contributed by atoms with Gasteiger partial charge in [0.1, 0.15) is 5.82 Å². The number of carbonyl (C=O) groups is 2. The van der Waals surface area contributed by atoms with E-state index in [1.54, 1.807) is 6.07 Å². The number of nitrogens with one attached hydrogen (secondary N) is 1. The van der Waals surface area contributed by atoms with Crippen molar-refractivity contribution < 1.29 is 22.7 Å². The number of anilines is 1. The molecule has 1 saturated heterocycles. The Bertz CT molecular complexity index is 1020. The quantitative estimate of drug-likeness (QED) is 0.676. The number of hydrogen-bond donors (Lipinski definition) is 1. The maximum Gasteiger partial charge on any atom is 0.338 e. The molecule has 0 bridgehead atoms. The first-order valence-electron chi connectivity index (χ1n) is 9.51. The van der Waals surface area contributed by atoms with Crippen molar-refractivity contribution in [3.63, 3.8) is 0 Å². The molecule has 1 N–H and O–H groups in total. The highest BCUT2D eigenvalue weighted by Crippen LogP contribution is 2.22. The van der Waals surface area contributed by atoms with Crippen LogP contribution in [0.5, 0.6) is 0 Å². The molecule has 1 fully saturated rings. The van der Waals surface area contributed by atoms with Gasteiger partial charge < -0.3 is 10.1 Å². The van der Waals surface area contributed by atoms with Gasteiger partial charge in [-0.15, -0.1) is 0 Å². The van der Waals surface area contributed by atoms with E-state index in [2.05, 4.69) is 10.3 Å². The lowest BCUT2D eigenvalue weighted by Gasteiger charge is -2.26. The Hall–Kier alpha value is -2.49. The summed E-state index contributed by atoms with van der Waals surface area (Å²) in [7, 11) is -3.68. The van der Waals surface area contributed by atoms with Gasteiger partial charge in [0.25, 0.3) is 5.91 Å². The minimum Gasteiger partial charge on any atom is -0.449 e. The molecule has 0 aliphatic carbocycles. The first-order chi connectivity index (χ1) is 14.3. The largest absolute Gasteiger partial charge is 0.449 e. The third-order valence-electron chi connectivity index (χ3n) is 4.65. The van der Waals surface area contributed by atoms with E-state index in [4.69, 9.17) is 16.3 Å². The molecule has 2 heterocycles. The summed E-state index contributed by atoms with van der Waals surface area (Å²) in [5.74, 6) is -1.10. The molecule has 0 unspecified atom stereocenters. The molecule has 10 heteroatoms. The molecule has 1 aliphatic rings. The molecular formula is C20H22ClN3O5S. The second kappa shape index (κ2) is 9.55. The maximum atomic E-state index is 12.8. The van der Waals surface area contributed by atoms with Crippen LogP contribution in [0.3, 0.4) is 0 Å². The number of piperidine rings is 1. The molecule has 1 amide bonds. The minimum absolute atomic E-state index is 0.0290. The summed E-state index contributed by atoms with van der Waals surface area (Å²) in [6, 6.07) is 8.73. The second-order valence-corrected chi connectivity index (χ2v) is 9.27. The Morgan fingerprint density at radius 3 is 2.57 bits per heavy atom. The number of aromatic nitrogens is 1. The van der Waals surface area contributed by atoms with E-state index < -0.39 is 28.0 Å². The Morgan fingerprint density at radius 2 is 1.90 bits per heavy atom. The van der Waals surface area contributed by atoms with Gasteiger partial charge in [-0.05, 0) is 50.1 Å². The fourth-order valence-corrected chi connectivity index (χ4v) is 4.67. The molecule has 3 rings (SSSR count). The number of esters is 1. The molecule has 2 aromatic rings. The average molecular weight is 452 g/mol. The van der Waals surface area contributed by atoms with E-state index in [9.17, 15) is 18.0 Å². The monoisotopic (exact) mass is 451 g/mol. The van der Waals surface area contributed by atoms with E-state index in [1.165, 1.54) is 47.8 Å². The first-order valence-corrected chi connectivity index (χ1v) is 11.3. The highest BCUT2D eigenvalue weighted by atomic mass is 35.5. The number of hydrogen-bond acceptors (Lipinski definition) is 6. The van der Waals surface area contributed by atoms with Crippen LogP contribution in [0, 0.1) is 0 Å². The summed E-state index contributed by atoms with van der Waals surface area (Å²) < 4.78 is 32.2. The molecule has 1 aliphatic heterocycles. The van der Waals surface area contributed by atoms with Crippen LogP contribution in [0.2, 0.25) is 5.02 Å². The number of halogens is 1. The second-order valence-electron chi connectivity index (χ2n) is 6.89. The molecule has 30 heavy (non-hydrogen) atoms. The topological polar surface area (TPSA) is 106 Å². The number of benzene rings is 1. The van der Waals surface area contributed by atoms with Crippen molar-refractivity contribution in [2.45, 2.75) is 37.2 Å². The standard InChI is InChI=1S/C20H22ClN3O5S/c1-14(19(25)23-18-9-8-16(21)13-22-18)29-20(26)15-6-5-7-17(12-15)30(27,28)24-10-3-2-4-11-24/h5-9,12-14H,2-4,10-11H2,1H3,(H,22,23,25)/t14-/m0/s1. The van der Waals surface area contributed by atoms with Crippen LogP contribution in [0.25, 0.3) is 0 Å². The minimum atomic E-state index is -3.68. The van der Waals surface area contributed by atoms with E-state index in [0.717, 1.165) is 19.3 Å². The predicted octanol–water partition coefficient (Wildman–Crippen LogP) is 3.09. The predicted molar refractivity (Wildman–Crippen MR) is 112 cm³/mol. The number of pyridine rings is 1. The number of rotatable bonds is 6. The van der Waals surface area contributed by atoms with Gasteiger partial charge in [0.2, 0.25) is 10.0 Å². The van der Waals surface area contributed by atoms with Crippen molar-refractivity contribution in [3.05, 3.63) is 53.2 Å². The fraction of sp³-hybridized carbons (Fsp3) is 0.350. The number of carbonyl (C=O) groups excluding carboxylic acids is 2. The highest BCUT2D eigenvalue weighted by Gasteiger charge is 2.27. The smallest absolute Gasteiger partial charge is 0.338 e. The van der Waals surface area contributed by atoms with Gasteiger partial charge in [-0.1, -0.05) is 24.1 Å². The SMILES string of the molecule is C[C@H](OC(=O)c1cccc(S(=O)(=O)N2CCCCC2)c1)C(=O)Nc1ccc(Cl)cn1. The molecular weight excluding hydrogens is 430 g/mol. The zero-order valence-electron chi connectivity index (χ0n) is 16.4. The van der Waals surface area contributed by atoms with Crippen LogP contribution < -0.4 is 5.32 Å². The van der Waals surface area contributed by atoms with Crippen molar-refractivity contribution in [1.29, 1.82) is 0 Å². The van der Waals surface area contributed by atoms with E-state index in [1.807, 2.05) is 0 Å². The van der Waals surface area contributed by atoms with Crippen LogP contribution in [0.1, 0.15) is 36.5 Å². The Labute approximate surface area is 180 Å². The summed E-state index contributed by atoms with van der Waals surface area (Å²) in [6.45, 7) is 2.34. The summed E-state index contributed by atoms with van der Waals surface area (Å²) in [5.41, 5.74) is 0.0531. The first kappa shape index (κ1) is 22.2. The fourth-order valence-electron chi connectivity index (χ4n) is 3.00. The van der Waals surface area contributed by atoms with Gasteiger partial charge in [0, 0.05) is 19.3 Å². The third-order valence-corrected chi connectivity index (χ3v) is 6.77. The van der Waals surface area contributed by atoms with Crippen molar-refractivity contribution in [3.8, 4) is 0 Å². The number of nitrogens with zero attached hydrogens (tertiary/aromatic N) is 2. The Balaban J connectivity index is 1.67. The molecule has 0 saturated carbocycles. The van der Waals surface area contributed by atoms with Crippen LogP contribution in [-0.2, 0) is 19.6 Å². The molecule has 1 atom stereocenters. The summed E-state index contributed by atoms with van der Waals surface area (Å²) in [5, 5.41) is 2.94. The Kier molecular flexibility index (Phi) is 7.06. The van der Waals surface area contributed by atoms with Crippen LogP contribution >= 0.6 is 11.6 Å². The van der Waals surface area contributed by atoms with Crippen LogP contribution in [0.15, 0.2) is 47.5 Å². The van der Waals surface area contributed by atoms with E-state index in [0.29, 0.717) is 18.1 Å². The van der Waals surface area contributed by atoms with Crippen molar-refractivity contribution in [2.75, 3.05) is 18.4 Å². The zero-order chi connectivity index (χ0) is 21.7. The van der Waals surface area contributed by atoms with E-state index in [-0.39, 0.29) is 16.3 Å². The molecule has 8 nitrogen and oxygen atoms in total. The molecule has 0 radical (unpaired) electrons. The van der Waals surface area contributed by atoms with Gasteiger partial charge in [-0.25, -0.2) is 18.2 Å². The molecule has 0 spiro atoms. The summed E-state index contributed by atoms with van der Waals surface area (Å²) >= 11 is 5.75. The highest BCUT2D eigenvalue weighted by molar-refractivity contribution is 7.89. The van der Waals surface area contributed by atoms with Crippen LogP contribution in [0.4, 0.5) is 5.82 Å². The van der Waals surface area contributed by atoms with Gasteiger partial charge in [-0.2, -0.15) is 4.31 Å². The van der Waals surface area contributed by atoms with Gasteiger partial charge in [-0.3, -0.25) is 4.79 Å². The van der Waals surface area contributed by atoms with Crippen LogP contribution in [-0.4, -0.2) is 48.8 Å². The summed E-state index contributed by atoms with van der Waals surface area (Å²) in [4.78, 5) is 28.7.